The van der Waals surface area contributed by atoms with Gasteiger partial charge in [0.05, 0.1) is 6.04 Å². The molecule has 0 aromatic heterocycles. The molecule has 20 heavy (non-hydrogen) atoms. The molecule has 1 saturated carbocycles. The van der Waals surface area contributed by atoms with Gasteiger partial charge in [-0.05, 0) is 50.0 Å². The number of amides is 1. The van der Waals surface area contributed by atoms with E-state index in [4.69, 9.17) is 0 Å². The van der Waals surface area contributed by atoms with Gasteiger partial charge in [-0.15, -0.1) is 0 Å². The van der Waals surface area contributed by atoms with Crippen molar-refractivity contribution in [2.24, 2.45) is 17.8 Å². The van der Waals surface area contributed by atoms with Crippen molar-refractivity contribution in [3.05, 3.63) is 0 Å². The molecule has 2 aliphatic heterocycles. The van der Waals surface area contributed by atoms with Gasteiger partial charge in [-0.25, -0.2) is 4.79 Å². The maximum Gasteiger partial charge on any atom is 0.326 e. The van der Waals surface area contributed by atoms with Crippen LogP contribution in [0.25, 0.3) is 0 Å². The summed E-state index contributed by atoms with van der Waals surface area (Å²) in [5.74, 6) is 0.309. The number of hydrogen-bond donors (Lipinski definition) is 2. The molecule has 0 aromatic rings. The zero-order valence-corrected chi connectivity index (χ0v) is 12.0. The molecule has 0 radical (unpaired) electrons. The molecular weight excluding hydrogens is 256 g/mol. The van der Waals surface area contributed by atoms with Crippen LogP contribution in [0.15, 0.2) is 0 Å². The number of piperidine rings is 1. The van der Waals surface area contributed by atoms with Crippen LogP contribution in [-0.2, 0) is 9.59 Å². The molecule has 2 heterocycles. The molecule has 3 rings (SSSR count). The van der Waals surface area contributed by atoms with E-state index in [1.165, 1.54) is 0 Å². The summed E-state index contributed by atoms with van der Waals surface area (Å²) < 4.78 is 0. The van der Waals surface area contributed by atoms with E-state index < -0.39 is 12.0 Å². The molecule has 5 atom stereocenters. The van der Waals surface area contributed by atoms with Crippen LogP contribution in [0, 0.1) is 17.8 Å². The zero-order chi connectivity index (χ0) is 14.3. The van der Waals surface area contributed by atoms with Crippen molar-refractivity contribution in [2.45, 2.75) is 51.1 Å². The summed E-state index contributed by atoms with van der Waals surface area (Å²) in [6, 6.07) is -0.770. The topological polar surface area (TPSA) is 69.6 Å². The third kappa shape index (κ3) is 2.32. The number of carboxylic acids is 1. The third-order valence-electron chi connectivity index (χ3n) is 5.39. The van der Waals surface area contributed by atoms with Crippen LogP contribution in [0.2, 0.25) is 0 Å². The smallest absolute Gasteiger partial charge is 0.326 e. The SMILES string of the molecule is CC1CCNC(C(=O)N2CC3CCCC3C2C(=O)O)C1. The molecule has 5 heteroatoms. The standard InChI is InChI=1S/C15H24N2O3/c1-9-5-6-16-12(7-9)14(18)17-8-10-3-2-4-11(10)13(17)15(19)20/h9-13,16H,2-8H2,1H3,(H,19,20). The Morgan fingerprint density at radius 2 is 2.05 bits per heavy atom. The first-order chi connectivity index (χ1) is 9.58. The Labute approximate surface area is 119 Å². The number of nitrogens with zero attached hydrogens (tertiary/aromatic N) is 1. The van der Waals surface area contributed by atoms with Gasteiger partial charge in [0.15, 0.2) is 0 Å². The van der Waals surface area contributed by atoms with E-state index in [-0.39, 0.29) is 17.9 Å². The van der Waals surface area contributed by atoms with Crippen molar-refractivity contribution in [3.63, 3.8) is 0 Å². The van der Waals surface area contributed by atoms with E-state index in [0.717, 1.165) is 38.6 Å². The summed E-state index contributed by atoms with van der Waals surface area (Å²) in [5.41, 5.74) is 0. The second kappa shape index (κ2) is 5.35. The number of hydrogen-bond acceptors (Lipinski definition) is 3. The second-order valence-corrected chi connectivity index (χ2v) is 6.76. The van der Waals surface area contributed by atoms with Gasteiger partial charge in [0.1, 0.15) is 6.04 Å². The molecular formula is C15H24N2O3. The lowest BCUT2D eigenvalue weighted by Gasteiger charge is -2.33. The predicted octanol–water partition coefficient (Wildman–Crippen LogP) is 1.09. The fourth-order valence-electron chi connectivity index (χ4n) is 4.34. The largest absolute Gasteiger partial charge is 0.480 e. The van der Waals surface area contributed by atoms with Crippen molar-refractivity contribution in [2.75, 3.05) is 13.1 Å². The van der Waals surface area contributed by atoms with Crippen molar-refractivity contribution in [1.29, 1.82) is 0 Å². The van der Waals surface area contributed by atoms with Crippen LogP contribution in [0.1, 0.15) is 39.0 Å². The van der Waals surface area contributed by atoms with Crippen molar-refractivity contribution >= 4 is 11.9 Å². The predicted molar refractivity (Wildman–Crippen MR) is 74.2 cm³/mol. The molecule has 112 valence electrons. The minimum absolute atomic E-state index is 0.0124. The Morgan fingerprint density at radius 1 is 1.25 bits per heavy atom. The Hall–Kier alpha value is -1.10. The van der Waals surface area contributed by atoms with Crippen LogP contribution < -0.4 is 5.32 Å². The highest BCUT2D eigenvalue weighted by Gasteiger charge is 2.50. The third-order valence-corrected chi connectivity index (χ3v) is 5.39. The van der Waals surface area contributed by atoms with E-state index in [1.807, 2.05) is 0 Å². The molecule has 1 aliphatic carbocycles. The molecule has 3 aliphatic rings. The van der Waals surface area contributed by atoms with Gasteiger partial charge < -0.3 is 15.3 Å². The average molecular weight is 280 g/mol. The first-order valence-electron chi connectivity index (χ1n) is 7.84. The number of rotatable bonds is 2. The summed E-state index contributed by atoms with van der Waals surface area (Å²) in [6.45, 7) is 3.66. The number of aliphatic carboxylic acids is 1. The first-order valence-corrected chi connectivity index (χ1v) is 7.84. The summed E-state index contributed by atoms with van der Waals surface area (Å²) >= 11 is 0. The highest BCUT2D eigenvalue weighted by molar-refractivity contribution is 5.88. The maximum absolute atomic E-state index is 12.7. The summed E-state index contributed by atoms with van der Waals surface area (Å²) in [5, 5.41) is 12.8. The summed E-state index contributed by atoms with van der Waals surface area (Å²) in [7, 11) is 0. The number of carbonyl (C=O) groups is 2. The Morgan fingerprint density at radius 3 is 2.75 bits per heavy atom. The number of fused-ring (bicyclic) bond motifs is 1. The normalized spacial score (nSPS) is 40.6. The molecule has 1 amide bonds. The van der Waals surface area contributed by atoms with E-state index >= 15 is 0 Å². The van der Waals surface area contributed by atoms with Gasteiger partial charge in [0.25, 0.3) is 0 Å². The highest BCUT2D eigenvalue weighted by Crippen LogP contribution is 2.42. The van der Waals surface area contributed by atoms with Crippen LogP contribution in [0.5, 0.6) is 0 Å². The lowest BCUT2D eigenvalue weighted by molar-refractivity contribution is -0.150. The minimum Gasteiger partial charge on any atom is -0.480 e. The Balaban J connectivity index is 1.74. The maximum atomic E-state index is 12.7. The lowest BCUT2D eigenvalue weighted by atomic mass is 9.92. The monoisotopic (exact) mass is 280 g/mol. The van der Waals surface area contributed by atoms with Gasteiger partial charge in [-0.2, -0.15) is 0 Å². The van der Waals surface area contributed by atoms with Crippen molar-refractivity contribution in [1.82, 2.24) is 10.2 Å². The Bertz CT molecular complexity index is 412. The molecule has 2 saturated heterocycles. The Kier molecular flexibility index (Phi) is 3.71. The van der Waals surface area contributed by atoms with Gasteiger partial charge in [-0.1, -0.05) is 13.3 Å². The van der Waals surface area contributed by atoms with E-state index in [2.05, 4.69) is 12.2 Å². The summed E-state index contributed by atoms with van der Waals surface area (Å²) in [6.07, 6.45) is 5.07. The van der Waals surface area contributed by atoms with Gasteiger partial charge in [0.2, 0.25) is 5.91 Å². The fourth-order valence-corrected chi connectivity index (χ4v) is 4.34. The average Bonchev–Trinajstić information content (AvgIpc) is 2.96. The molecule has 0 aromatic carbocycles. The van der Waals surface area contributed by atoms with Gasteiger partial charge >= 0.3 is 5.97 Å². The molecule has 5 nitrogen and oxygen atoms in total. The van der Waals surface area contributed by atoms with Crippen LogP contribution in [0.3, 0.4) is 0 Å². The lowest BCUT2D eigenvalue weighted by Crippen LogP contribution is -2.53. The molecule has 3 fully saturated rings. The molecule has 0 spiro atoms. The highest BCUT2D eigenvalue weighted by atomic mass is 16.4. The van der Waals surface area contributed by atoms with Crippen LogP contribution >= 0.6 is 0 Å². The zero-order valence-electron chi connectivity index (χ0n) is 12.0. The molecule has 5 unspecified atom stereocenters. The minimum atomic E-state index is -0.823. The van der Waals surface area contributed by atoms with E-state index in [9.17, 15) is 14.7 Å². The molecule has 2 N–H and O–H groups in total. The van der Waals surface area contributed by atoms with E-state index in [0.29, 0.717) is 18.4 Å². The van der Waals surface area contributed by atoms with Gasteiger partial charge in [-0.3, -0.25) is 4.79 Å². The van der Waals surface area contributed by atoms with E-state index in [1.54, 1.807) is 4.90 Å². The van der Waals surface area contributed by atoms with Crippen LogP contribution in [0.4, 0.5) is 0 Å². The number of likely N-dealkylation sites (tertiary alicyclic amines) is 1. The molecule has 0 bridgehead atoms. The van der Waals surface area contributed by atoms with Gasteiger partial charge in [0, 0.05) is 6.54 Å². The quantitative estimate of drug-likeness (QED) is 0.794. The van der Waals surface area contributed by atoms with Crippen molar-refractivity contribution < 1.29 is 14.7 Å². The number of nitrogens with one attached hydrogen (secondary N) is 1. The number of carboxylic acid groups (broad SMARTS) is 1. The first kappa shape index (κ1) is 13.9. The second-order valence-electron chi connectivity index (χ2n) is 6.76. The summed E-state index contributed by atoms with van der Waals surface area (Å²) in [4.78, 5) is 25.9. The number of carbonyl (C=O) groups excluding carboxylic acids is 1. The van der Waals surface area contributed by atoms with Crippen molar-refractivity contribution in [3.8, 4) is 0 Å². The van der Waals surface area contributed by atoms with Crippen LogP contribution in [-0.4, -0.2) is 47.1 Å². The fraction of sp³-hybridized carbons (Fsp3) is 0.867.